The summed E-state index contributed by atoms with van der Waals surface area (Å²) >= 11 is 0. The number of benzene rings is 3. The molecule has 0 spiro atoms. The first-order valence-electron chi connectivity index (χ1n) is 7.95. The predicted molar refractivity (Wildman–Crippen MR) is 116 cm³/mol. The standard InChI is InChI=1S/C17H12N2O9S2.2Na/c20-17(10-2-1-3-12(6-10)19(21)22)18-16-9-14(30(26,27)28)8-11-7-13(29(23,24)25)4-5-15(11)16;;/h1-9H,(H,18,20)(H,23,24,25)(H,26,27,28);;. The molecular weight excluding hydrogens is 486 g/mol. The van der Waals surface area contributed by atoms with Gasteiger partial charge >= 0.3 is 0 Å². The molecule has 0 atom stereocenters. The summed E-state index contributed by atoms with van der Waals surface area (Å²) in [7, 11) is -9.33. The summed E-state index contributed by atoms with van der Waals surface area (Å²) < 4.78 is 64.4. The van der Waals surface area contributed by atoms with Gasteiger partial charge in [-0.05, 0) is 35.7 Å². The van der Waals surface area contributed by atoms with Crippen LogP contribution < -0.4 is 5.32 Å². The fourth-order valence-corrected chi connectivity index (χ4v) is 3.75. The van der Waals surface area contributed by atoms with Gasteiger partial charge in [0.1, 0.15) is 0 Å². The minimum Gasteiger partial charge on any atom is -0.321 e. The molecule has 2 radical (unpaired) electrons. The maximum atomic E-state index is 12.5. The molecule has 0 saturated carbocycles. The molecule has 0 aliphatic heterocycles. The molecule has 0 unspecified atom stereocenters. The van der Waals surface area contributed by atoms with Crippen molar-refractivity contribution in [1.82, 2.24) is 0 Å². The van der Waals surface area contributed by atoms with E-state index in [1.165, 1.54) is 24.3 Å². The molecule has 0 aliphatic carbocycles. The van der Waals surface area contributed by atoms with Crippen LogP contribution in [0.3, 0.4) is 0 Å². The van der Waals surface area contributed by atoms with E-state index in [1.54, 1.807) is 0 Å². The molecule has 3 aromatic rings. The van der Waals surface area contributed by atoms with E-state index in [1.807, 2.05) is 0 Å². The van der Waals surface area contributed by atoms with Crippen LogP contribution in [-0.2, 0) is 20.2 Å². The Bertz CT molecular complexity index is 1420. The van der Waals surface area contributed by atoms with Gasteiger partial charge in [-0.2, -0.15) is 16.8 Å². The number of nitrogens with zero attached hydrogens (tertiary/aromatic N) is 1. The maximum absolute atomic E-state index is 12.5. The number of hydrogen-bond acceptors (Lipinski definition) is 7. The number of rotatable bonds is 5. The quantitative estimate of drug-likeness (QED) is 0.204. The molecule has 32 heavy (non-hydrogen) atoms. The van der Waals surface area contributed by atoms with Crippen molar-refractivity contribution in [3.8, 4) is 0 Å². The minimum absolute atomic E-state index is 0. The van der Waals surface area contributed by atoms with Crippen LogP contribution in [0.15, 0.2) is 64.4 Å². The number of carbonyl (C=O) groups excluding carboxylic acids is 1. The van der Waals surface area contributed by atoms with Gasteiger partial charge in [0.2, 0.25) is 0 Å². The Morgan fingerprint density at radius 2 is 1.47 bits per heavy atom. The SMILES string of the molecule is O=C(Nc1cc(S(=O)(=O)O)cc2cc(S(=O)(=O)O)ccc12)c1cccc([N+](=O)[O-])c1.[Na].[Na]. The van der Waals surface area contributed by atoms with Gasteiger partial charge in [-0.3, -0.25) is 24.0 Å². The Labute approximate surface area is 226 Å². The van der Waals surface area contributed by atoms with E-state index in [9.17, 15) is 40.8 Å². The van der Waals surface area contributed by atoms with Crippen molar-refractivity contribution >= 4 is 107 Å². The first-order valence-corrected chi connectivity index (χ1v) is 10.8. The van der Waals surface area contributed by atoms with Crippen molar-refractivity contribution in [3.05, 3.63) is 70.3 Å². The largest absolute Gasteiger partial charge is 0.321 e. The third-order valence-electron chi connectivity index (χ3n) is 4.06. The second-order valence-corrected chi connectivity index (χ2v) is 8.91. The molecule has 15 heteroatoms. The van der Waals surface area contributed by atoms with Crippen LogP contribution in [0.5, 0.6) is 0 Å². The number of amides is 1. The Kier molecular flexibility index (Phi) is 9.57. The van der Waals surface area contributed by atoms with Gasteiger partial charge in [0.05, 0.1) is 20.4 Å². The molecule has 1 amide bonds. The summed E-state index contributed by atoms with van der Waals surface area (Å²) in [6, 6.07) is 9.90. The molecule has 0 aromatic heterocycles. The van der Waals surface area contributed by atoms with Crippen LogP contribution in [0.4, 0.5) is 11.4 Å². The molecule has 0 bridgehead atoms. The zero-order valence-electron chi connectivity index (χ0n) is 16.7. The molecule has 158 valence electrons. The van der Waals surface area contributed by atoms with Crippen LogP contribution in [0.25, 0.3) is 10.8 Å². The Morgan fingerprint density at radius 1 is 0.875 bits per heavy atom. The Hall–Kier alpha value is -1.39. The van der Waals surface area contributed by atoms with Crippen LogP contribution in [0.2, 0.25) is 0 Å². The number of nitro groups is 1. The van der Waals surface area contributed by atoms with Crippen molar-refractivity contribution in [2.75, 3.05) is 5.32 Å². The van der Waals surface area contributed by atoms with Gasteiger partial charge in [-0.1, -0.05) is 12.1 Å². The fourth-order valence-electron chi connectivity index (χ4n) is 2.69. The summed E-state index contributed by atoms with van der Waals surface area (Å²) in [6.45, 7) is 0. The van der Waals surface area contributed by atoms with E-state index >= 15 is 0 Å². The molecule has 0 aliphatic rings. The molecule has 3 rings (SSSR count). The zero-order chi connectivity index (χ0) is 22.3. The average Bonchev–Trinajstić information content (AvgIpc) is 2.66. The summed E-state index contributed by atoms with van der Waals surface area (Å²) in [5.74, 6) is -0.814. The number of anilines is 1. The smallest absolute Gasteiger partial charge is 0.294 e. The number of nitrogens with one attached hydrogen (secondary N) is 1. The second-order valence-electron chi connectivity index (χ2n) is 6.07. The summed E-state index contributed by atoms with van der Waals surface area (Å²) in [4.78, 5) is 21.6. The molecule has 3 N–H and O–H groups in total. The number of nitro benzene ring substituents is 1. The molecular formula is C17H12N2Na2O9S2. The van der Waals surface area contributed by atoms with Gasteiger partial charge in [-0.25, -0.2) is 0 Å². The third kappa shape index (κ3) is 6.57. The van der Waals surface area contributed by atoms with Crippen LogP contribution in [-0.4, -0.2) is 95.9 Å². The summed E-state index contributed by atoms with van der Waals surface area (Å²) in [5.41, 5.74) is -0.542. The van der Waals surface area contributed by atoms with E-state index in [0.717, 1.165) is 30.3 Å². The summed E-state index contributed by atoms with van der Waals surface area (Å²) in [6.07, 6.45) is 0. The number of hydrogen-bond donors (Lipinski definition) is 3. The normalized spacial score (nSPS) is 11.2. The van der Waals surface area contributed by atoms with E-state index in [0.29, 0.717) is 0 Å². The molecule has 11 nitrogen and oxygen atoms in total. The number of fused-ring (bicyclic) bond motifs is 1. The topological polar surface area (TPSA) is 181 Å². The predicted octanol–water partition coefficient (Wildman–Crippen LogP) is 1.73. The Morgan fingerprint density at radius 3 is 2.03 bits per heavy atom. The van der Waals surface area contributed by atoms with Gasteiger partial charge in [0.15, 0.2) is 0 Å². The molecule has 0 saturated heterocycles. The monoisotopic (exact) mass is 498 g/mol. The third-order valence-corrected chi connectivity index (χ3v) is 5.74. The first kappa shape index (κ1) is 28.6. The fraction of sp³-hybridized carbons (Fsp3) is 0. The van der Waals surface area contributed by atoms with Gasteiger partial charge < -0.3 is 5.32 Å². The Balaban J connectivity index is 0.00000256. The molecule has 0 fully saturated rings. The van der Waals surface area contributed by atoms with E-state index < -0.39 is 40.9 Å². The molecule has 3 aromatic carbocycles. The van der Waals surface area contributed by atoms with E-state index in [2.05, 4.69) is 5.32 Å². The minimum atomic E-state index is -4.74. The number of non-ortho nitro benzene ring substituents is 1. The number of carbonyl (C=O) groups is 1. The van der Waals surface area contributed by atoms with Crippen molar-refractivity contribution < 1.29 is 35.7 Å². The van der Waals surface area contributed by atoms with Crippen molar-refractivity contribution in [2.45, 2.75) is 9.79 Å². The van der Waals surface area contributed by atoms with Crippen molar-refractivity contribution in [1.29, 1.82) is 0 Å². The van der Waals surface area contributed by atoms with Crippen LogP contribution in [0, 0.1) is 10.1 Å². The van der Waals surface area contributed by atoms with Gasteiger partial charge in [0, 0.05) is 82.2 Å². The first-order chi connectivity index (χ1) is 13.9. The maximum Gasteiger partial charge on any atom is 0.294 e. The van der Waals surface area contributed by atoms with E-state index in [4.69, 9.17) is 0 Å². The van der Waals surface area contributed by atoms with Gasteiger partial charge in [0.25, 0.3) is 31.8 Å². The second kappa shape index (κ2) is 10.7. The molecule has 0 heterocycles. The van der Waals surface area contributed by atoms with Crippen LogP contribution >= 0.6 is 0 Å². The van der Waals surface area contributed by atoms with E-state index in [-0.39, 0.29) is 86.8 Å². The zero-order valence-corrected chi connectivity index (χ0v) is 22.3. The summed E-state index contributed by atoms with van der Waals surface area (Å²) in [5, 5.41) is 13.4. The van der Waals surface area contributed by atoms with Crippen molar-refractivity contribution in [2.24, 2.45) is 0 Å². The van der Waals surface area contributed by atoms with Crippen LogP contribution in [0.1, 0.15) is 10.4 Å². The van der Waals surface area contributed by atoms with Crippen molar-refractivity contribution in [3.63, 3.8) is 0 Å². The van der Waals surface area contributed by atoms with Gasteiger partial charge in [-0.15, -0.1) is 0 Å². The average molecular weight is 498 g/mol.